The molecule has 2 heterocycles. The fourth-order valence-corrected chi connectivity index (χ4v) is 4.09. The normalized spacial score (nSPS) is 15.5. The number of hydrogen-bond acceptors (Lipinski definition) is 5. The first-order valence-electron chi connectivity index (χ1n) is 7.81. The molecular weight excluding hydrogens is 300 g/mol. The van der Waals surface area contributed by atoms with Crippen LogP contribution in [-0.2, 0) is 22.4 Å². The summed E-state index contributed by atoms with van der Waals surface area (Å²) in [5.41, 5.74) is 1.03. The van der Waals surface area contributed by atoms with Gasteiger partial charge >= 0.3 is 5.97 Å². The third kappa shape index (κ3) is 2.56. The van der Waals surface area contributed by atoms with Crippen LogP contribution in [-0.4, -0.2) is 22.1 Å². The molecule has 2 aromatic rings. The SMILES string of the molecule is CCCOC(=O)[C@H](C)n1cnc2sc3c(c2c1=O)CCCC3. The van der Waals surface area contributed by atoms with Crippen LogP contribution >= 0.6 is 11.3 Å². The molecule has 0 bridgehead atoms. The Morgan fingerprint density at radius 2 is 2.23 bits per heavy atom. The summed E-state index contributed by atoms with van der Waals surface area (Å²) in [6, 6.07) is -0.643. The lowest BCUT2D eigenvalue weighted by Gasteiger charge is -2.14. The van der Waals surface area contributed by atoms with Crippen molar-refractivity contribution in [2.45, 2.75) is 52.0 Å². The molecule has 1 aliphatic carbocycles. The van der Waals surface area contributed by atoms with Gasteiger partial charge in [0.25, 0.3) is 5.56 Å². The van der Waals surface area contributed by atoms with Crippen molar-refractivity contribution >= 4 is 27.5 Å². The maximum atomic E-state index is 12.8. The number of esters is 1. The highest BCUT2D eigenvalue weighted by Crippen LogP contribution is 2.33. The van der Waals surface area contributed by atoms with Crippen LogP contribution in [0.3, 0.4) is 0 Å². The molecule has 22 heavy (non-hydrogen) atoms. The predicted octanol–water partition coefficient (Wildman–Crippen LogP) is 2.85. The van der Waals surface area contributed by atoms with Gasteiger partial charge < -0.3 is 4.74 Å². The summed E-state index contributed by atoms with van der Waals surface area (Å²) in [4.78, 5) is 31.3. The van der Waals surface area contributed by atoms with Gasteiger partial charge in [-0.05, 0) is 44.6 Å². The number of rotatable bonds is 4. The van der Waals surface area contributed by atoms with Gasteiger partial charge in [-0.2, -0.15) is 0 Å². The van der Waals surface area contributed by atoms with Gasteiger partial charge in [-0.3, -0.25) is 9.36 Å². The Hall–Kier alpha value is -1.69. The van der Waals surface area contributed by atoms with Crippen LogP contribution in [0, 0.1) is 0 Å². The van der Waals surface area contributed by atoms with Crippen molar-refractivity contribution in [2.24, 2.45) is 0 Å². The highest BCUT2D eigenvalue weighted by molar-refractivity contribution is 7.18. The van der Waals surface area contributed by atoms with Crippen LogP contribution in [0.15, 0.2) is 11.1 Å². The maximum Gasteiger partial charge on any atom is 0.328 e. The largest absolute Gasteiger partial charge is 0.464 e. The number of aromatic nitrogens is 2. The zero-order chi connectivity index (χ0) is 15.7. The third-order valence-electron chi connectivity index (χ3n) is 4.11. The van der Waals surface area contributed by atoms with E-state index in [1.54, 1.807) is 18.3 Å². The predicted molar refractivity (Wildman–Crippen MR) is 86.5 cm³/mol. The molecule has 0 spiro atoms. The first-order valence-corrected chi connectivity index (χ1v) is 8.63. The van der Waals surface area contributed by atoms with Crippen LogP contribution in [0.25, 0.3) is 10.2 Å². The van der Waals surface area contributed by atoms with E-state index >= 15 is 0 Å². The van der Waals surface area contributed by atoms with Gasteiger partial charge in [0.05, 0.1) is 18.3 Å². The topological polar surface area (TPSA) is 61.2 Å². The molecule has 0 aromatic carbocycles. The molecule has 0 saturated heterocycles. The fourth-order valence-electron chi connectivity index (χ4n) is 2.87. The molecule has 2 aromatic heterocycles. The molecule has 0 aliphatic heterocycles. The van der Waals surface area contributed by atoms with E-state index in [-0.39, 0.29) is 11.5 Å². The quantitative estimate of drug-likeness (QED) is 0.813. The summed E-state index contributed by atoms with van der Waals surface area (Å²) in [6.07, 6.45) is 6.50. The van der Waals surface area contributed by atoms with Gasteiger partial charge in [0.1, 0.15) is 10.9 Å². The number of thiophene rings is 1. The monoisotopic (exact) mass is 320 g/mol. The van der Waals surface area contributed by atoms with E-state index in [0.717, 1.165) is 36.1 Å². The lowest BCUT2D eigenvalue weighted by atomic mass is 9.97. The lowest BCUT2D eigenvalue weighted by Crippen LogP contribution is -2.30. The second kappa shape index (κ2) is 6.20. The Labute approximate surface area is 132 Å². The van der Waals surface area contributed by atoms with Gasteiger partial charge in [-0.15, -0.1) is 11.3 Å². The van der Waals surface area contributed by atoms with Crippen LogP contribution in [0.4, 0.5) is 0 Å². The number of carbonyl (C=O) groups is 1. The molecule has 3 rings (SSSR count). The number of ether oxygens (including phenoxy) is 1. The summed E-state index contributed by atoms with van der Waals surface area (Å²) >= 11 is 1.62. The average molecular weight is 320 g/mol. The van der Waals surface area contributed by atoms with Gasteiger partial charge in [-0.25, -0.2) is 9.78 Å². The average Bonchev–Trinajstić information content (AvgIpc) is 2.91. The second-order valence-electron chi connectivity index (χ2n) is 5.69. The third-order valence-corrected chi connectivity index (χ3v) is 5.31. The van der Waals surface area contributed by atoms with Crippen molar-refractivity contribution in [1.29, 1.82) is 0 Å². The Morgan fingerprint density at radius 3 is 3.00 bits per heavy atom. The van der Waals surface area contributed by atoms with Gasteiger partial charge in [0.15, 0.2) is 0 Å². The molecule has 0 saturated carbocycles. The number of fused-ring (bicyclic) bond motifs is 3. The van der Waals surface area contributed by atoms with Crippen molar-refractivity contribution in [3.05, 3.63) is 27.1 Å². The Kier molecular flexibility index (Phi) is 4.29. The van der Waals surface area contributed by atoms with Crippen molar-refractivity contribution in [3.63, 3.8) is 0 Å². The fraction of sp³-hybridized carbons (Fsp3) is 0.562. The van der Waals surface area contributed by atoms with E-state index in [9.17, 15) is 9.59 Å². The lowest BCUT2D eigenvalue weighted by molar-refractivity contribution is -0.147. The Bertz CT molecular complexity index is 763. The number of aryl methyl sites for hydroxylation is 2. The van der Waals surface area contributed by atoms with Crippen molar-refractivity contribution in [2.75, 3.05) is 6.61 Å². The smallest absolute Gasteiger partial charge is 0.328 e. The van der Waals surface area contributed by atoms with E-state index in [1.807, 2.05) is 6.92 Å². The molecule has 1 aliphatic rings. The highest BCUT2D eigenvalue weighted by Gasteiger charge is 2.23. The molecule has 0 N–H and O–H groups in total. The molecule has 5 nitrogen and oxygen atoms in total. The van der Waals surface area contributed by atoms with E-state index in [1.165, 1.54) is 22.2 Å². The molecule has 6 heteroatoms. The molecule has 0 unspecified atom stereocenters. The zero-order valence-corrected chi connectivity index (χ0v) is 13.7. The van der Waals surface area contributed by atoms with Crippen LogP contribution < -0.4 is 5.56 Å². The van der Waals surface area contributed by atoms with Crippen LogP contribution in [0.2, 0.25) is 0 Å². The summed E-state index contributed by atoms with van der Waals surface area (Å²) in [5.74, 6) is -0.380. The maximum absolute atomic E-state index is 12.8. The van der Waals surface area contributed by atoms with E-state index in [2.05, 4.69) is 4.98 Å². The summed E-state index contributed by atoms with van der Waals surface area (Å²) in [6.45, 7) is 4.00. The first kappa shape index (κ1) is 15.2. The van der Waals surface area contributed by atoms with Gasteiger partial charge in [-0.1, -0.05) is 6.92 Å². The van der Waals surface area contributed by atoms with Crippen LogP contribution in [0.5, 0.6) is 0 Å². The van der Waals surface area contributed by atoms with Gasteiger partial charge in [0, 0.05) is 4.88 Å². The minimum Gasteiger partial charge on any atom is -0.464 e. The summed E-state index contributed by atoms with van der Waals surface area (Å²) in [5, 5.41) is 0.706. The molecule has 0 amide bonds. The van der Waals surface area contributed by atoms with Gasteiger partial charge in [0.2, 0.25) is 0 Å². The molecule has 0 fully saturated rings. The standard InChI is InChI=1S/C16H20N2O3S/c1-3-8-21-16(20)10(2)18-9-17-14-13(15(18)19)11-6-4-5-7-12(11)22-14/h9-10H,3-8H2,1-2H3/t10-/m0/s1. The summed E-state index contributed by atoms with van der Waals surface area (Å²) in [7, 11) is 0. The minimum absolute atomic E-state index is 0.120. The van der Waals surface area contributed by atoms with E-state index < -0.39 is 6.04 Å². The highest BCUT2D eigenvalue weighted by atomic mass is 32.1. The molecule has 1 atom stereocenters. The molecule has 0 radical (unpaired) electrons. The number of nitrogens with zero attached hydrogens (tertiary/aromatic N) is 2. The second-order valence-corrected chi connectivity index (χ2v) is 6.78. The zero-order valence-electron chi connectivity index (χ0n) is 12.9. The van der Waals surface area contributed by atoms with Crippen molar-refractivity contribution < 1.29 is 9.53 Å². The Balaban J connectivity index is 2.03. The number of hydrogen-bond donors (Lipinski definition) is 0. The van der Waals surface area contributed by atoms with E-state index in [4.69, 9.17) is 4.74 Å². The molecular formula is C16H20N2O3S. The summed E-state index contributed by atoms with van der Waals surface area (Å²) < 4.78 is 6.55. The first-order chi connectivity index (χ1) is 10.6. The van der Waals surface area contributed by atoms with Crippen LogP contribution in [0.1, 0.15) is 49.6 Å². The van der Waals surface area contributed by atoms with E-state index in [0.29, 0.717) is 12.0 Å². The molecule has 118 valence electrons. The van der Waals surface area contributed by atoms with Crippen molar-refractivity contribution in [1.82, 2.24) is 9.55 Å². The minimum atomic E-state index is -0.643. The Morgan fingerprint density at radius 1 is 1.45 bits per heavy atom. The van der Waals surface area contributed by atoms with Crippen molar-refractivity contribution in [3.8, 4) is 0 Å². The number of carbonyl (C=O) groups excluding carboxylic acids is 1.